The van der Waals surface area contributed by atoms with Gasteiger partial charge in [-0.1, -0.05) is 11.3 Å². The number of hydrogen-bond donors (Lipinski definition) is 3. The van der Waals surface area contributed by atoms with E-state index in [0.717, 1.165) is 10.2 Å². The highest BCUT2D eigenvalue weighted by atomic mass is 32.1. The fourth-order valence-corrected chi connectivity index (χ4v) is 3.70. The Morgan fingerprint density at radius 2 is 2.15 bits per heavy atom. The number of aliphatic hydroxyl groups is 1. The van der Waals surface area contributed by atoms with Crippen LogP contribution in [0.25, 0.3) is 10.2 Å². The average Bonchev–Trinajstić information content (AvgIpc) is 3.19. The molecule has 0 aliphatic carbocycles. The Morgan fingerprint density at radius 1 is 1.35 bits per heavy atom. The molecule has 3 heterocycles. The summed E-state index contributed by atoms with van der Waals surface area (Å²) in [5.74, 6) is 0.681. The summed E-state index contributed by atoms with van der Waals surface area (Å²) in [6.07, 6.45) is 1.66. The monoisotopic (exact) mass is 393 g/mol. The number of hydrogen-bond acceptors (Lipinski definition) is 9. The Morgan fingerprint density at radius 3 is 2.92 bits per heavy atom. The second-order valence-electron chi connectivity index (χ2n) is 6.45. The molecule has 10 heteroatoms. The van der Waals surface area contributed by atoms with Gasteiger partial charge >= 0.3 is 6.09 Å². The van der Waals surface area contributed by atoms with Crippen molar-refractivity contribution in [2.24, 2.45) is 0 Å². The lowest BCUT2D eigenvalue weighted by atomic mass is 10.2. The average molecular weight is 393 g/mol. The number of rotatable bonds is 5. The van der Waals surface area contributed by atoms with Gasteiger partial charge in [-0.25, -0.2) is 19.7 Å². The summed E-state index contributed by atoms with van der Waals surface area (Å²) >= 11 is 2.73. The number of carbonyl (C=O) groups excluding carboxylic acids is 1. The van der Waals surface area contributed by atoms with Crippen molar-refractivity contribution < 1.29 is 14.6 Å². The minimum absolute atomic E-state index is 0.262. The molecule has 26 heavy (non-hydrogen) atoms. The van der Waals surface area contributed by atoms with Gasteiger partial charge in [0.2, 0.25) is 0 Å². The Labute approximate surface area is 158 Å². The van der Waals surface area contributed by atoms with Crippen molar-refractivity contribution in [3.05, 3.63) is 28.8 Å². The smallest absolute Gasteiger partial charge is 0.413 e. The number of aliphatic hydroxyl groups excluding tert-OH is 1. The molecule has 138 valence electrons. The van der Waals surface area contributed by atoms with Gasteiger partial charge in [0.05, 0.1) is 15.1 Å². The van der Waals surface area contributed by atoms with Gasteiger partial charge in [-0.05, 0) is 32.2 Å². The van der Waals surface area contributed by atoms with Crippen LogP contribution in [-0.4, -0.2) is 38.3 Å². The first kappa shape index (κ1) is 18.5. The highest BCUT2D eigenvalue weighted by molar-refractivity contribution is 7.17. The van der Waals surface area contributed by atoms with E-state index in [1.54, 1.807) is 20.8 Å². The highest BCUT2D eigenvalue weighted by Crippen LogP contribution is 2.28. The van der Waals surface area contributed by atoms with Gasteiger partial charge in [0.25, 0.3) is 0 Å². The standard InChI is InChI=1S/C16H19N5O3S2/c1-16(2,3)24-15(23)21-14-18-7-11(26-14)10(22)6-17-13-12-9(4-5-25-12)19-8-20-13/h4-5,7-8,10,22H,6H2,1-3H3,(H,17,19,20)(H,18,21,23). The van der Waals surface area contributed by atoms with Crippen molar-refractivity contribution in [2.45, 2.75) is 32.5 Å². The number of anilines is 2. The molecular formula is C16H19N5O3S2. The summed E-state index contributed by atoms with van der Waals surface area (Å²) in [7, 11) is 0. The molecule has 0 aliphatic rings. The molecule has 0 radical (unpaired) electrons. The van der Waals surface area contributed by atoms with Crippen molar-refractivity contribution in [1.82, 2.24) is 15.0 Å². The van der Waals surface area contributed by atoms with E-state index >= 15 is 0 Å². The van der Waals surface area contributed by atoms with Crippen molar-refractivity contribution >= 4 is 49.9 Å². The Balaban J connectivity index is 1.59. The lowest BCUT2D eigenvalue weighted by molar-refractivity contribution is 0.0636. The molecule has 3 rings (SSSR count). The largest absolute Gasteiger partial charge is 0.444 e. The van der Waals surface area contributed by atoms with Gasteiger partial charge in [0.15, 0.2) is 5.13 Å². The fraction of sp³-hybridized carbons (Fsp3) is 0.375. The Bertz CT molecular complexity index is 903. The first-order valence-corrected chi connectivity index (χ1v) is 9.57. The summed E-state index contributed by atoms with van der Waals surface area (Å²) in [6, 6.07) is 1.92. The zero-order chi connectivity index (χ0) is 18.7. The fourth-order valence-electron chi connectivity index (χ4n) is 2.10. The van der Waals surface area contributed by atoms with Crippen LogP contribution < -0.4 is 10.6 Å². The van der Waals surface area contributed by atoms with Gasteiger partial charge in [0.1, 0.15) is 23.9 Å². The van der Waals surface area contributed by atoms with E-state index in [0.29, 0.717) is 15.8 Å². The molecule has 3 N–H and O–H groups in total. The summed E-state index contributed by atoms with van der Waals surface area (Å²) < 4.78 is 6.12. The minimum atomic E-state index is -0.785. The van der Waals surface area contributed by atoms with E-state index in [4.69, 9.17) is 4.74 Å². The maximum Gasteiger partial charge on any atom is 0.413 e. The van der Waals surface area contributed by atoms with Crippen LogP contribution in [0, 0.1) is 0 Å². The number of nitrogens with one attached hydrogen (secondary N) is 2. The summed E-state index contributed by atoms with van der Waals surface area (Å²) in [6.45, 7) is 5.62. The zero-order valence-corrected chi connectivity index (χ0v) is 16.1. The number of amides is 1. The van der Waals surface area contributed by atoms with Crippen LogP contribution in [-0.2, 0) is 4.74 Å². The molecule has 0 aromatic carbocycles. The molecule has 3 aromatic rings. The quantitative estimate of drug-likeness (QED) is 0.607. The first-order valence-electron chi connectivity index (χ1n) is 7.88. The molecule has 0 aliphatic heterocycles. The predicted molar refractivity (Wildman–Crippen MR) is 103 cm³/mol. The van der Waals surface area contributed by atoms with Crippen molar-refractivity contribution in [3.63, 3.8) is 0 Å². The molecule has 1 unspecified atom stereocenters. The third-order valence-corrected chi connectivity index (χ3v) is 5.09. The van der Waals surface area contributed by atoms with E-state index < -0.39 is 17.8 Å². The van der Waals surface area contributed by atoms with Crippen LogP contribution in [0.15, 0.2) is 24.0 Å². The van der Waals surface area contributed by atoms with Gasteiger partial charge in [0, 0.05) is 12.7 Å². The van der Waals surface area contributed by atoms with Gasteiger partial charge in [-0.15, -0.1) is 11.3 Å². The number of fused-ring (bicyclic) bond motifs is 1. The summed E-state index contributed by atoms with van der Waals surface area (Å²) in [4.78, 5) is 24.9. The molecular weight excluding hydrogens is 374 g/mol. The van der Waals surface area contributed by atoms with Crippen molar-refractivity contribution in [1.29, 1.82) is 0 Å². The van der Waals surface area contributed by atoms with Crippen LogP contribution in [0.3, 0.4) is 0 Å². The van der Waals surface area contributed by atoms with Gasteiger partial charge in [-0.2, -0.15) is 0 Å². The third-order valence-electron chi connectivity index (χ3n) is 3.17. The Hall–Kier alpha value is -2.30. The third kappa shape index (κ3) is 4.65. The number of aromatic nitrogens is 3. The maximum absolute atomic E-state index is 11.8. The van der Waals surface area contributed by atoms with Crippen LogP contribution >= 0.6 is 22.7 Å². The van der Waals surface area contributed by atoms with Crippen LogP contribution in [0.2, 0.25) is 0 Å². The topological polar surface area (TPSA) is 109 Å². The molecule has 0 bridgehead atoms. The molecule has 0 fully saturated rings. The molecule has 1 amide bonds. The van der Waals surface area contributed by atoms with Crippen molar-refractivity contribution in [3.8, 4) is 0 Å². The molecule has 3 aromatic heterocycles. The second kappa shape index (κ2) is 7.52. The van der Waals surface area contributed by atoms with Crippen molar-refractivity contribution in [2.75, 3.05) is 17.2 Å². The number of carbonyl (C=O) groups is 1. The lowest BCUT2D eigenvalue weighted by Crippen LogP contribution is -2.27. The maximum atomic E-state index is 11.8. The number of ether oxygens (including phenoxy) is 1. The zero-order valence-electron chi connectivity index (χ0n) is 14.5. The molecule has 1 atom stereocenters. The minimum Gasteiger partial charge on any atom is -0.444 e. The van der Waals surface area contributed by atoms with Gasteiger partial charge in [-0.3, -0.25) is 5.32 Å². The van der Waals surface area contributed by atoms with E-state index in [1.165, 1.54) is 35.2 Å². The molecule has 0 spiro atoms. The van der Waals surface area contributed by atoms with Crippen LogP contribution in [0.4, 0.5) is 15.7 Å². The van der Waals surface area contributed by atoms with Crippen LogP contribution in [0.1, 0.15) is 31.8 Å². The summed E-state index contributed by atoms with van der Waals surface area (Å²) in [5.41, 5.74) is 0.279. The lowest BCUT2D eigenvalue weighted by Gasteiger charge is -2.18. The predicted octanol–water partition coefficient (Wildman–Crippen LogP) is 3.64. The number of thiazole rings is 1. The number of thiophene rings is 1. The van der Waals surface area contributed by atoms with E-state index in [1.807, 2.05) is 11.4 Å². The van der Waals surface area contributed by atoms with E-state index in [-0.39, 0.29) is 6.54 Å². The SMILES string of the molecule is CC(C)(C)OC(=O)Nc1ncc(C(O)CNc2ncnc3ccsc23)s1. The molecule has 8 nitrogen and oxygen atoms in total. The second-order valence-corrected chi connectivity index (χ2v) is 8.43. The first-order chi connectivity index (χ1) is 12.3. The number of nitrogens with zero attached hydrogens (tertiary/aromatic N) is 3. The van der Waals surface area contributed by atoms with E-state index in [2.05, 4.69) is 25.6 Å². The highest BCUT2D eigenvalue weighted by Gasteiger charge is 2.18. The molecule has 0 saturated heterocycles. The van der Waals surface area contributed by atoms with Gasteiger partial charge < -0.3 is 15.2 Å². The van der Waals surface area contributed by atoms with E-state index in [9.17, 15) is 9.90 Å². The normalized spacial score (nSPS) is 12.8. The Kier molecular flexibility index (Phi) is 5.35. The molecule has 0 saturated carbocycles. The summed E-state index contributed by atoms with van der Waals surface area (Å²) in [5, 5.41) is 18.4. The van der Waals surface area contributed by atoms with Crippen LogP contribution in [0.5, 0.6) is 0 Å².